The fourth-order valence-corrected chi connectivity index (χ4v) is 3.61. The average Bonchev–Trinajstić information content (AvgIpc) is 3.21. The highest BCUT2D eigenvalue weighted by molar-refractivity contribution is 6.02. The predicted molar refractivity (Wildman–Crippen MR) is 98.0 cm³/mol. The molecule has 0 bridgehead atoms. The van der Waals surface area contributed by atoms with Gasteiger partial charge < -0.3 is 20.3 Å². The first-order valence-corrected chi connectivity index (χ1v) is 8.98. The van der Waals surface area contributed by atoms with Crippen molar-refractivity contribution in [3.8, 4) is 0 Å². The van der Waals surface area contributed by atoms with E-state index in [1.165, 1.54) is 0 Å². The van der Waals surface area contributed by atoms with E-state index in [1.807, 2.05) is 30.3 Å². The van der Waals surface area contributed by atoms with Crippen LogP contribution in [-0.4, -0.2) is 60.6 Å². The van der Waals surface area contributed by atoms with Crippen molar-refractivity contribution in [2.45, 2.75) is 18.9 Å². The lowest BCUT2D eigenvalue weighted by atomic mass is 10.1. The molecule has 2 amide bonds. The summed E-state index contributed by atoms with van der Waals surface area (Å²) in [7, 11) is 0. The number of hydrogen-bond donors (Lipinski definition) is 1. The summed E-state index contributed by atoms with van der Waals surface area (Å²) in [6.07, 6.45) is 1.45. The van der Waals surface area contributed by atoms with Crippen LogP contribution in [0.3, 0.4) is 0 Å². The minimum atomic E-state index is -0.753. The molecule has 1 aromatic carbocycles. The van der Waals surface area contributed by atoms with Gasteiger partial charge in [-0.2, -0.15) is 0 Å². The summed E-state index contributed by atoms with van der Waals surface area (Å²) < 4.78 is 5.36. The molecule has 0 radical (unpaired) electrons. The summed E-state index contributed by atoms with van der Waals surface area (Å²) in [6.45, 7) is 2.73. The number of primary amides is 1. The molecule has 7 heteroatoms. The van der Waals surface area contributed by atoms with Gasteiger partial charge in [0.05, 0.1) is 24.2 Å². The largest absolute Gasteiger partial charge is 0.367 e. The predicted octanol–water partition coefficient (Wildman–Crippen LogP) is 1.16. The summed E-state index contributed by atoms with van der Waals surface area (Å²) in [5.41, 5.74) is 6.81. The van der Waals surface area contributed by atoms with Gasteiger partial charge in [-0.3, -0.25) is 9.59 Å². The van der Waals surface area contributed by atoms with Gasteiger partial charge in [0, 0.05) is 25.0 Å². The molecule has 4 rings (SSSR count). The highest BCUT2D eigenvalue weighted by Gasteiger charge is 2.31. The van der Waals surface area contributed by atoms with E-state index in [1.54, 1.807) is 4.90 Å². The normalized spacial score (nSPS) is 20.5. The fourth-order valence-electron chi connectivity index (χ4n) is 3.61. The van der Waals surface area contributed by atoms with Crippen molar-refractivity contribution in [1.82, 2.24) is 9.88 Å². The van der Waals surface area contributed by atoms with Crippen molar-refractivity contribution in [3.05, 3.63) is 35.9 Å². The van der Waals surface area contributed by atoms with Gasteiger partial charge in [-0.25, -0.2) is 4.98 Å². The van der Waals surface area contributed by atoms with E-state index in [2.05, 4.69) is 4.90 Å². The Bertz CT molecular complexity index is 848. The van der Waals surface area contributed by atoms with E-state index in [4.69, 9.17) is 15.5 Å². The Morgan fingerprint density at radius 3 is 2.69 bits per heavy atom. The summed E-state index contributed by atoms with van der Waals surface area (Å²) in [4.78, 5) is 33.3. The SMILES string of the molecule is NC(=O)[C@@H]1CN(C(=O)c2cc3ccccc3nc2N2CCCC2)CCO1. The van der Waals surface area contributed by atoms with Crippen molar-refractivity contribution in [2.24, 2.45) is 5.73 Å². The number of benzene rings is 1. The maximum absolute atomic E-state index is 13.2. The Labute approximate surface area is 151 Å². The lowest BCUT2D eigenvalue weighted by Gasteiger charge is -2.32. The summed E-state index contributed by atoms with van der Waals surface area (Å²) in [6, 6.07) is 9.71. The first-order chi connectivity index (χ1) is 12.6. The van der Waals surface area contributed by atoms with Gasteiger partial charge >= 0.3 is 0 Å². The number of carbonyl (C=O) groups is 2. The molecule has 1 atom stereocenters. The van der Waals surface area contributed by atoms with Crippen LogP contribution in [0.4, 0.5) is 5.82 Å². The number of hydrogen-bond acceptors (Lipinski definition) is 5. The Hall–Kier alpha value is -2.67. The number of pyridine rings is 1. The molecule has 136 valence electrons. The lowest BCUT2D eigenvalue weighted by Crippen LogP contribution is -2.50. The van der Waals surface area contributed by atoms with Gasteiger partial charge in [0.2, 0.25) is 5.91 Å². The molecule has 1 aromatic heterocycles. The Kier molecular flexibility index (Phi) is 4.46. The molecule has 0 spiro atoms. The number of amides is 2. The maximum Gasteiger partial charge on any atom is 0.257 e. The molecule has 2 aromatic rings. The zero-order valence-electron chi connectivity index (χ0n) is 14.6. The van der Waals surface area contributed by atoms with Gasteiger partial charge in [0.1, 0.15) is 5.82 Å². The first kappa shape index (κ1) is 16.8. The second kappa shape index (κ2) is 6.92. The number of aromatic nitrogens is 1. The van der Waals surface area contributed by atoms with Gasteiger partial charge in [0.25, 0.3) is 5.91 Å². The Morgan fingerprint density at radius 2 is 1.92 bits per heavy atom. The third-order valence-electron chi connectivity index (χ3n) is 5.01. The molecule has 2 N–H and O–H groups in total. The number of nitrogens with two attached hydrogens (primary N) is 1. The molecule has 2 aliphatic heterocycles. The molecule has 3 heterocycles. The Balaban J connectivity index is 1.72. The van der Waals surface area contributed by atoms with Gasteiger partial charge in [0.15, 0.2) is 6.10 Å². The number of ether oxygens (including phenoxy) is 1. The maximum atomic E-state index is 13.2. The summed E-state index contributed by atoms with van der Waals surface area (Å²) in [5.74, 6) is 0.0620. The molecule has 2 fully saturated rings. The van der Waals surface area contributed by atoms with E-state index in [-0.39, 0.29) is 12.5 Å². The minimum Gasteiger partial charge on any atom is -0.367 e. The number of morpholine rings is 1. The van der Waals surface area contributed by atoms with Crippen LogP contribution in [-0.2, 0) is 9.53 Å². The minimum absolute atomic E-state index is 0.125. The molecule has 7 nitrogen and oxygen atoms in total. The number of para-hydroxylation sites is 1. The summed E-state index contributed by atoms with van der Waals surface area (Å²) >= 11 is 0. The number of rotatable bonds is 3. The fraction of sp³-hybridized carbons (Fsp3) is 0.421. The number of anilines is 1. The summed E-state index contributed by atoms with van der Waals surface area (Å²) in [5, 5.41) is 0.929. The number of nitrogens with zero attached hydrogens (tertiary/aromatic N) is 3. The topological polar surface area (TPSA) is 88.8 Å². The number of fused-ring (bicyclic) bond motifs is 1. The third-order valence-corrected chi connectivity index (χ3v) is 5.01. The van der Waals surface area contributed by atoms with E-state index in [0.29, 0.717) is 18.7 Å². The van der Waals surface area contributed by atoms with Crippen molar-refractivity contribution in [2.75, 3.05) is 37.7 Å². The molecule has 2 aliphatic rings. The van der Waals surface area contributed by atoms with Crippen molar-refractivity contribution < 1.29 is 14.3 Å². The van der Waals surface area contributed by atoms with E-state index < -0.39 is 12.0 Å². The molecule has 2 saturated heterocycles. The molecular weight excluding hydrogens is 332 g/mol. The highest BCUT2D eigenvalue weighted by atomic mass is 16.5. The van der Waals surface area contributed by atoms with Crippen molar-refractivity contribution in [1.29, 1.82) is 0 Å². The lowest BCUT2D eigenvalue weighted by molar-refractivity contribution is -0.133. The van der Waals surface area contributed by atoms with Gasteiger partial charge in [-0.15, -0.1) is 0 Å². The van der Waals surface area contributed by atoms with Gasteiger partial charge in [-0.1, -0.05) is 18.2 Å². The van der Waals surface area contributed by atoms with Crippen molar-refractivity contribution in [3.63, 3.8) is 0 Å². The molecule has 26 heavy (non-hydrogen) atoms. The van der Waals surface area contributed by atoms with E-state index in [9.17, 15) is 9.59 Å². The smallest absolute Gasteiger partial charge is 0.257 e. The Morgan fingerprint density at radius 1 is 1.15 bits per heavy atom. The number of carbonyl (C=O) groups excluding carboxylic acids is 2. The highest BCUT2D eigenvalue weighted by Crippen LogP contribution is 2.28. The van der Waals surface area contributed by atoms with Crippen LogP contribution < -0.4 is 10.6 Å². The van der Waals surface area contributed by atoms with Crippen molar-refractivity contribution >= 4 is 28.5 Å². The second-order valence-electron chi connectivity index (χ2n) is 6.76. The van der Waals surface area contributed by atoms with Crippen LogP contribution in [0.15, 0.2) is 30.3 Å². The first-order valence-electron chi connectivity index (χ1n) is 8.98. The van der Waals surface area contributed by atoms with Crippen LogP contribution in [0.25, 0.3) is 10.9 Å². The average molecular weight is 354 g/mol. The van der Waals surface area contributed by atoms with Gasteiger partial charge in [-0.05, 0) is 25.0 Å². The quantitative estimate of drug-likeness (QED) is 0.894. The van der Waals surface area contributed by atoms with Crippen LogP contribution in [0.1, 0.15) is 23.2 Å². The van der Waals surface area contributed by atoms with Crippen LogP contribution in [0.2, 0.25) is 0 Å². The molecule has 0 saturated carbocycles. The second-order valence-corrected chi connectivity index (χ2v) is 6.76. The monoisotopic (exact) mass is 354 g/mol. The third kappa shape index (κ3) is 3.10. The molecule has 0 aliphatic carbocycles. The zero-order chi connectivity index (χ0) is 18.1. The van der Waals surface area contributed by atoms with E-state index >= 15 is 0 Å². The van der Waals surface area contributed by atoms with E-state index in [0.717, 1.165) is 42.7 Å². The molecular formula is C19H22N4O3. The van der Waals surface area contributed by atoms with Crippen LogP contribution >= 0.6 is 0 Å². The van der Waals surface area contributed by atoms with Crippen LogP contribution in [0.5, 0.6) is 0 Å². The zero-order valence-corrected chi connectivity index (χ0v) is 14.6. The standard InChI is InChI=1S/C19H22N4O3/c20-17(24)16-12-23(9-10-26-16)19(25)14-11-13-5-1-2-6-15(13)21-18(14)22-7-3-4-8-22/h1-2,5-6,11,16H,3-4,7-10,12H2,(H2,20,24)/t16-/m0/s1. The molecule has 0 unspecified atom stereocenters. The van der Waals surface area contributed by atoms with Crippen LogP contribution in [0, 0.1) is 0 Å².